The summed E-state index contributed by atoms with van der Waals surface area (Å²) in [5.74, 6) is 0.116. The molecule has 0 saturated heterocycles. The van der Waals surface area contributed by atoms with E-state index in [1.54, 1.807) is 29.1 Å². The zero-order valence-electron chi connectivity index (χ0n) is 19.2. The quantitative estimate of drug-likeness (QED) is 0.490. The molecule has 180 valence electrons. The second kappa shape index (κ2) is 10.6. The first-order valence-corrected chi connectivity index (χ1v) is 11.6. The van der Waals surface area contributed by atoms with Crippen LogP contribution in [0.2, 0.25) is 0 Å². The first kappa shape index (κ1) is 23.6. The number of nitrogens with zero attached hydrogens (tertiary/aromatic N) is 4. The highest BCUT2D eigenvalue weighted by Gasteiger charge is 2.38. The second-order valence-corrected chi connectivity index (χ2v) is 8.72. The first-order chi connectivity index (χ1) is 16.4. The number of hydrogen-bond acceptors (Lipinski definition) is 6. The SMILES string of the molecule is CC(=O)NC1(c2noc(CCC(=O)NCc3ccc(-n4ccnc4)c(F)c3)n2)CCCCCC1. The number of carbonyl (C=O) groups excluding carboxylic acids is 2. The van der Waals surface area contributed by atoms with Gasteiger partial charge >= 0.3 is 0 Å². The van der Waals surface area contributed by atoms with Crippen LogP contribution in [0, 0.1) is 5.82 Å². The molecule has 2 N–H and O–H groups in total. The summed E-state index contributed by atoms with van der Waals surface area (Å²) >= 11 is 0. The number of amides is 2. The molecule has 2 heterocycles. The summed E-state index contributed by atoms with van der Waals surface area (Å²) in [7, 11) is 0. The molecule has 0 aliphatic heterocycles. The van der Waals surface area contributed by atoms with Crippen molar-refractivity contribution in [2.75, 3.05) is 0 Å². The third-order valence-electron chi connectivity index (χ3n) is 6.12. The molecule has 2 aromatic heterocycles. The smallest absolute Gasteiger partial charge is 0.227 e. The van der Waals surface area contributed by atoms with E-state index in [4.69, 9.17) is 4.52 Å². The third kappa shape index (κ3) is 5.67. The molecular weight excluding hydrogens is 439 g/mol. The lowest BCUT2D eigenvalue weighted by molar-refractivity contribution is -0.122. The van der Waals surface area contributed by atoms with E-state index in [1.165, 1.54) is 19.3 Å². The van der Waals surface area contributed by atoms with Gasteiger partial charge in [-0.3, -0.25) is 9.59 Å². The molecule has 1 saturated carbocycles. The van der Waals surface area contributed by atoms with E-state index in [2.05, 4.69) is 25.8 Å². The molecule has 2 amide bonds. The molecule has 1 fully saturated rings. The standard InChI is InChI=1S/C24H29FN6O3/c1-17(32)29-24(10-4-2-3-5-11-24)23-28-22(34-30-23)9-8-21(33)27-15-18-6-7-20(19(25)14-18)31-13-12-26-16-31/h6-7,12-14,16H,2-5,8-11,15H2,1H3,(H,27,33)(H,29,32). The van der Waals surface area contributed by atoms with Crippen molar-refractivity contribution in [3.8, 4) is 5.69 Å². The van der Waals surface area contributed by atoms with Crippen molar-refractivity contribution in [3.05, 3.63) is 60.0 Å². The molecule has 0 spiro atoms. The Labute approximate surface area is 197 Å². The monoisotopic (exact) mass is 468 g/mol. The van der Waals surface area contributed by atoms with Crippen LogP contribution in [-0.2, 0) is 28.1 Å². The Kier molecular flexibility index (Phi) is 7.34. The molecule has 1 aromatic carbocycles. The number of aryl methyl sites for hydroxylation is 1. The van der Waals surface area contributed by atoms with Gasteiger partial charge in [0.2, 0.25) is 17.7 Å². The third-order valence-corrected chi connectivity index (χ3v) is 6.12. The maximum Gasteiger partial charge on any atom is 0.227 e. The fourth-order valence-corrected chi connectivity index (χ4v) is 4.41. The van der Waals surface area contributed by atoms with Crippen LogP contribution in [0.1, 0.15) is 69.1 Å². The lowest BCUT2D eigenvalue weighted by Gasteiger charge is -2.30. The molecular formula is C24H29FN6O3. The van der Waals surface area contributed by atoms with Gasteiger partial charge in [0.25, 0.3) is 0 Å². The zero-order valence-corrected chi connectivity index (χ0v) is 19.2. The lowest BCUT2D eigenvalue weighted by Crippen LogP contribution is -2.45. The summed E-state index contributed by atoms with van der Waals surface area (Å²) in [6.07, 6.45) is 10.9. The average molecular weight is 469 g/mol. The molecule has 9 nitrogen and oxygen atoms in total. The minimum Gasteiger partial charge on any atom is -0.352 e. The van der Waals surface area contributed by atoms with Crippen LogP contribution in [0.15, 0.2) is 41.4 Å². The minimum absolute atomic E-state index is 0.123. The van der Waals surface area contributed by atoms with Gasteiger partial charge in [0.15, 0.2) is 5.82 Å². The summed E-state index contributed by atoms with van der Waals surface area (Å²) < 4.78 is 21.4. The molecule has 0 radical (unpaired) electrons. The number of rotatable bonds is 8. The highest BCUT2D eigenvalue weighted by atomic mass is 19.1. The van der Waals surface area contributed by atoms with Gasteiger partial charge in [-0.15, -0.1) is 0 Å². The van der Waals surface area contributed by atoms with Gasteiger partial charge in [-0.25, -0.2) is 9.37 Å². The molecule has 0 bridgehead atoms. The summed E-state index contributed by atoms with van der Waals surface area (Å²) in [6.45, 7) is 1.70. The van der Waals surface area contributed by atoms with Gasteiger partial charge in [0.1, 0.15) is 11.4 Å². The van der Waals surface area contributed by atoms with Crippen molar-refractivity contribution < 1.29 is 18.5 Å². The van der Waals surface area contributed by atoms with Gasteiger partial charge < -0.3 is 19.7 Å². The fraction of sp³-hybridized carbons (Fsp3) is 0.458. The van der Waals surface area contributed by atoms with Crippen LogP contribution in [0.4, 0.5) is 4.39 Å². The van der Waals surface area contributed by atoms with E-state index in [9.17, 15) is 14.0 Å². The van der Waals surface area contributed by atoms with E-state index in [-0.39, 0.29) is 31.2 Å². The highest BCUT2D eigenvalue weighted by Crippen LogP contribution is 2.34. The largest absolute Gasteiger partial charge is 0.352 e. The predicted octanol–water partition coefficient (Wildman–Crippen LogP) is 3.33. The molecule has 0 unspecified atom stereocenters. The molecule has 34 heavy (non-hydrogen) atoms. The Hall–Kier alpha value is -3.56. The lowest BCUT2D eigenvalue weighted by atomic mass is 9.89. The van der Waals surface area contributed by atoms with Gasteiger partial charge in [0.05, 0.1) is 12.0 Å². The van der Waals surface area contributed by atoms with Crippen molar-refractivity contribution >= 4 is 11.8 Å². The summed E-state index contributed by atoms with van der Waals surface area (Å²) in [6, 6.07) is 4.81. The van der Waals surface area contributed by atoms with Crippen molar-refractivity contribution in [3.63, 3.8) is 0 Å². The van der Waals surface area contributed by atoms with E-state index in [0.717, 1.165) is 38.5 Å². The summed E-state index contributed by atoms with van der Waals surface area (Å²) in [4.78, 5) is 32.6. The van der Waals surface area contributed by atoms with Gasteiger partial charge in [-0.05, 0) is 30.5 Å². The van der Waals surface area contributed by atoms with E-state index >= 15 is 0 Å². The van der Waals surface area contributed by atoms with E-state index in [0.29, 0.717) is 23.0 Å². The molecule has 1 aliphatic rings. The van der Waals surface area contributed by atoms with E-state index < -0.39 is 11.4 Å². The number of carbonyl (C=O) groups is 2. The fourth-order valence-electron chi connectivity index (χ4n) is 4.41. The summed E-state index contributed by atoms with van der Waals surface area (Å²) in [5.41, 5.74) is 0.435. The minimum atomic E-state index is -0.612. The maximum atomic E-state index is 14.4. The normalized spacial score (nSPS) is 15.5. The van der Waals surface area contributed by atoms with Crippen molar-refractivity contribution in [2.45, 2.75) is 70.4 Å². The van der Waals surface area contributed by atoms with Crippen LogP contribution in [-0.4, -0.2) is 31.5 Å². The number of aromatic nitrogens is 4. The molecule has 1 aliphatic carbocycles. The Morgan fingerprint density at radius 1 is 1.21 bits per heavy atom. The van der Waals surface area contributed by atoms with Crippen molar-refractivity contribution in [1.82, 2.24) is 30.3 Å². The molecule has 4 rings (SSSR count). The predicted molar refractivity (Wildman–Crippen MR) is 121 cm³/mol. The second-order valence-electron chi connectivity index (χ2n) is 8.72. The van der Waals surface area contributed by atoms with Crippen LogP contribution < -0.4 is 10.6 Å². The average Bonchev–Trinajstić information content (AvgIpc) is 3.46. The molecule has 0 atom stereocenters. The van der Waals surface area contributed by atoms with Crippen LogP contribution in [0.3, 0.4) is 0 Å². The Morgan fingerprint density at radius 3 is 2.68 bits per heavy atom. The van der Waals surface area contributed by atoms with Crippen LogP contribution >= 0.6 is 0 Å². The van der Waals surface area contributed by atoms with E-state index in [1.807, 2.05) is 0 Å². The maximum absolute atomic E-state index is 14.4. The Morgan fingerprint density at radius 2 is 2.00 bits per heavy atom. The highest BCUT2D eigenvalue weighted by molar-refractivity contribution is 5.76. The first-order valence-electron chi connectivity index (χ1n) is 11.6. The Bertz CT molecular complexity index is 1120. The topological polar surface area (TPSA) is 115 Å². The number of nitrogens with one attached hydrogen (secondary N) is 2. The number of halogens is 1. The molecule has 10 heteroatoms. The van der Waals surface area contributed by atoms with Gasteiger partial charge in [0, 0.05) is 38.7 Å². The van der Waals surface area contributed by atoms with Crippen LogP contribution in [0.5, 0.6) is 0 Å². The molecule has 3 aromatic rings. The number of imidazole rings is 1. The number of benzene rings is 1. The zero-order chi connectivity index (χ0) is 24.0. The van der Waals surface area contributed by atoms with Crippen molar-refractivity contribution in [1.29, 1.82) is 0 Å². The summed E-state index contributed by atoms with van der Waals surface area (Å²) in [5, 5.41) is 9.97. The van der Waals surface area contributed by atoms with Gasteiger partial charge in [-0.2, -0.15) is 4.98 Å². The van der Waals surface area contributed by atoms with Crippen LogP contribution in [0.25, 0.3) is 5.69 Å². The van der Waals surface area contributed by atoms with Crippen molar-refractivity contribution in [2.24, 2.45) is 0 Å². The Balaban J connectivity index is 1.31. The number of hydrogen-bond donors (Lipinski definition) is 2. The van der Waals surface area contributed by atoms with Gasteiger partial charge in [-0.1, -0.05) is 36.9 Å².